The first-order chi connectivity index (χ1) is 15.6. The molecule has 2 aromatic rings. The van der Waals surface area contributed by atoms with Crippen LogP contribution in [0.15, 0.2) is 59.5 Å². The van der Waals surface area contributed by atoms with E-state index in [0.29, 0.717) is 12.5 Å². The minimum atomic E-state index is -4.62. The average molecular weight is 482 g/mol. The topological polar surface area (TPSA) is 92.5 Å². The lowest BCUT2D eigenvalue weighted by Gasteiger charge is -2.23. The molecule has 1 heterocycles. The van der Waals surface area contributed by atoms with Crippen molar-refractivity contribution < 1.29 is 26.4 Å². The lowest BCUT2D eigenvalue weighted by atomic mass is 9.97. The monoisotopic (exact) mass is 481 g/mol. The maximum Gasteiger partial charge on any atom is 0.416 e. The van der Waals surface area contributed by atoms with Crippen molar-refractivity contribution in [3.63, 3.8) is 0 Å². The van der Waals surface area contributed by atoms with Crippen LogP contribution in [0, 0.1) is 11.8 Å². The molecule has 10 heteroatoms. The Balaban J connectivity index is 1.42. The fourth-order valence-electron chi connectivity index (χ4n) is 4.83. The Hall–Kier alpha value is -2.43. The zero-order valence-electron chi connectivity index (χ0n) is 17.8. The summed E-state index contributed by atoms with van der Waals surface area (Å²) in [5.74, 6) is -0.344. The van der Waals surface area contributed by atoms with Crippen LogP contribution in [0.1, 0.15) is 24.0 Å². The van der Waals surface area contributed by atoms with Crippen LogP contribution in [0.5, 0.6) is 0 Å². The van der Waals surface area contributed by atoms with Crippen molar-refractivity contribution in [3.05, 3.63) is 65.7 Å². The molecule has 2 aliphatic rings. The Labute approximate surface area is 191 Å². The second kappa shape index (κ2) is 9.08. The molecule has 0 unspecified atom stereocenters. The van der Waals surface area contributed by atoms with Crippen LogP contribution in [0.4, 0.5) is 13.2 Å². The normalized spacial score (nSPS) is 24.4. The number of carbonyl (C=O) groups is 1. The summed E-state index contributed by atoms with van der Waals surface area (Å²) in [7, 11) is -4.08. The van der Waals surface area contributed by atoms with Gasteiger partial charge in [-0.1, -0.05) is 36.4 Å². The number of nitrogens with one attached hydrogen (secondary N) is 1. The summed E-state index contributed by atoms with van der Waals surface area (Å²) >= 11 is 0. The molecule has 1 aliphatic heterocycles. The third-order valence-corrected chi connectivity index (χ3v) is 8.41. The Morgan fingerprint density at radius 1 is 1.09 bits per heavy atom. The molecule has 0 radical (unpaired) electrons. The first kappa shape index (κ1) is 23.7. The van der Waals surface area contributed by atoms with Crippen LogP contribution in [0.3, 0.4) is 0 Å². The number of sulfonamides is 1. The number of alkyl halides is 3. The summed E-state index contributed by atoms with van der Waals surface area (Å²) in [6, 6.07) is 12.3. The second-order valence-electron chi connectivity index (χ2n) is 8.76. The van der Waals surface area contributed by atoms with E-state index >= 15 is 0 Å². The molecule has 0 spiro atoms. The molecule has 1 amide bonds. The summed E-state index contributed by atoms with van der Waals surface area (Å²) < 4.78 is 66.4. The highest BCUT2D eigenvalue weighted by Gasteiger charge is 2.47. The van der Waals surface area contributed by atoms with Gasteiger partial charge in [0, 0.05) is 19.1 Å². The van der Waals surface area contributed by atoms with Gasteiger partial charge in [-0.15, -0.1) is 0 Å². The van der Waals surface area contributed by atoms with E-state index in [4.69, 9.17) is 5.73 Å². The van der Waals surface area contributed by atoms with Gasteiger partial charge in [-0.2, -0.15) is 17.5 Å². The molecule has 1 saturated heterocycles. The van der Waals surface area contributed by atoms with E-state index < -0.39 is 27.8 Å². The molecule has 178 valence electrons. The Morgan fingerprint density at radius 2 is 1.82 bits per heavy atom. The highest BCUT2D eigenvalue weighted by molar-refractivity contribution is 7.89. The van der Waals surface area contributed by atoms with Gasteiger partial charge >= 0.3 is 6.18 Å². The van der Waals surface area contributed by atoms with E-state index in [0.717, 1.165) is 30.5 Å². The molecule has 4 atom stereocenters. The van der Waals surface area contributed by atoms with E-state index in [1.54, 1.807) is 0 Å². The summed E-state index contributed by atoms with van der Waals surface area (Å²) in [6.07, 6.45) is -2.78. The van der Waals surface area contributed by atoms with Crippen LogP contribution in [-0.2, 0) is 27.4 Å². The molecule has 6 nitrogen and oxygen atoms in total. The van der Waals surface area contributed by atoms with Crippen LogP contribution in [0.25, 0.3) is 0 Å². The lowest BCUT2D eigenvalue weighted by Crippen LogP contribution is -2.48. The third-order valence-electron chi connectivity index (χ3n) is 6.59. The van der Waals surface area contributed by atoms with E-state index in [2.05, 4.69) is 5.32 Å². The molecule has 33 heavy (non-hydrogen) atoms. The smallest absolute Gasteiger partial charge is 0.352 e. The number of halogens is 3. The number of hydrogen-bond donors (Lipinski definition) is 2. The van der Waals surface area contributed by atoms with Crippen molar-refractivity contribution in [1.29, 1.82) is 0 Å². The predicted octanol–water partition coefficient (Wildman–Crippen LogP) is 2.79. The van der Waals surface area contributed by atoms with E-state index in [-0.39, 0.29) is 41.8 Å². The molecule has 1 saturated carbocycles. The third kappa shape index (κ3) is 5.07. The minimum Gasteiger partial charge on any atom is -0.352 e. The number of fused-ring (bicyclic) bond motifs is 1. The standard InChI is InChI=1S/C23H26F3N3O3S/c24-23(25,26)17-7-4-8-18(12-17)33(31,32)29-13-16-9-10-21(19(16)14-29)28-22(30)20(27)11-15-5-2-1-3-6-15/h1-8,12,16,19-21H,9-11,13-14,27H2,(H,28,30)/t16-,19+,20+,21+/m1/s1. The average Bonchev–Trinajstić information content (AvgIpc) is 3.36. The highest BCUT2D eigenvalue weighted by atomic mass is 32.2. The number of rotatable bonds is 6. The quantitative estimate of drug-likeness (QED) is 0.664. The zero-order chi connectivity index (χ0) is 23.8. The Kier molecular flexibility index (Phi) is 6.52. The fraction of sp³-hybridized carbons (Fsp3) is 0.435. The van der Waals surface area contributed by atoms with Crippen molar-refractivity contribution >= 4 is 15.9 Å². The highest BCUT2D eigenvalue weighted by Crippen LogP contribution is 2.40. The summed E-state index contributed by atoms with van der Waals surface area (Å²) in [4.78, 5) is 12.3. The summed E-state index contributed by atoms with van der Waals surface area (Å²) in [5.41, 5.74) is 6.02. The van der Waals surface area contributed by atoms with Crippen LogP contribution in [0.2, 0.25) is 0 Å². The van der Waals surface area contributed by atoms with Gasteiger partial charge in [0.05, 0.1) is 16.5 Å². The van der Waals surface area contributed by atoms with Crippen molar-refractivity contribution in [1.82, 2.24) is 9.62 Å². The van der Waals surface area contributed by atoms with Gasteiger partial charge < -0.3 is 11.1 Å². The van der Waals surface area contributed by atoms with E-state index in [1.165, 1.54) is 10.4 Å². The molecule has 2 aromatic carbocycles. The van der Waals surface area contributed by atoms with Gasteiger partial charge in [-0.25, -0.2) is 8.42 Å². The number of nitrogens with zero attached hydrogens (tertiary/aromatic N) is 1. The maximum absolute atomic E-state index is 13.0. The van der Waals surface area contributed by atoms with Crippen molar-refractivity contribution in [2.24, 2.45) is 17.6 Å². The Bertz CT molecular complexity index is 1110. The van der Waals surface area contributed by atoms with Gasteiger partial charge in [0.25, 0.3) is 0 Å². The SMILES string of the molecule is N[C@@H](Cc1ccccc1)C(=O)N[C@H]1CC[C@@H]2CN(S(=O)(=O)c3cccc(C(F)(F)F)c3)C[C@@H]21. The fourth-order valence-corrected chi connectivity index (χ4v) is 6.41. The van der Waals surface area contributed by atoms with Gasteiger partial charge in [0.15, 0.2) is 0 Å². The number of benzene rings is 2. The number of carbonyl (C=O) groups excluding carboxylic acids is 1. The summed E-state index contributed by atoms with van der Waals surface area (Å²) in [5, 5.41) is 2.98. The van der Waals surface area contributed by atoms with E-state index in [9.17, 15) is 26.4 Å². The van der Waals surface area contributed by atoms with Crippen LogP contribution >= 0.6 is 0 Å². The van der Waals surface area contributed by atoms with Crippen LogP contribution < -0.4 is 11.1 Å². The predicted molar refractivity (Wildman–Crippen MR) is 116 cm³/mol. The van der Waals surface area contributed by atoms with E-state index in [1.807, 2.05) is 30.3 Å². The van der Waals surface area contributed by atoms with Crippen LogP contribution in [-0.4, -0.2) is 43.8 Å². The number of nitrogens with two attached hydrogens (primary N) is 1. The molecular formula is C23H26F3N3O3S. The van der Waals surface area contributed by atoms with Gasteiger partial charge in [-0.05, 0) is 54.9 Å². The first-order valence-electron chi connectivity index (χ1n) is 10.8. The number of hydrogen-bond acceptors (Lipinski definition) is 4. The molecule has 0 bridgehead atoms. The van der Waals surface area contributed by atoms with Gasteiger partial charge in [0.1, 0.15) is 0 Å². The zero-order valence-corrected chi connectivity index (χ0v) is 18.6. The molecular weight excluding hydrogens is 455 g/mol. The van der Waals surface area contributed by atoms with Crippen molar-refractivity contribution in [2.75, 3.05) is 13.1 Å². The summed E-state index contributed by atoms with van der Waals surface area (Å²) in [6.45, 7) is 0.383. The minimum absolute atomic E-state index is 0.0428. The first-order valence-corrected chi connectivity index (χ1v) is 12.3. The molecule has 0 aromatic heterocycles. The maximum atomic E-state index is 13.0. The lowest BCUT2D eigenvalue weighted by molar-refractivity contribution is -0.137. The van der Waals surface area contributed by atoms with Crippen molar-refractivity contribution in [3.8, 4) is 0 Å². The second-order valence-corrected chi connectivity index (χ2v) is 10.7. The molecule has 4 rings (SSSR count). The van der Waals surface area contributed by atoms with Crippen molar-refractivity contribution in [2.45, 2.75) is 42.4 Å². The Morgan fingerprint density at radius 3 is 2.52 bits per heavy atom. The number of amides is 1. The molecule has 2 fully saturated rings. The molecule has 1 aliphatic carbocycles. The van der Waals surface area contributed by atoms with Gasteiger partial charge in [0.2, 0.25) is 15.9 Å². The molecule has 3 N–H and O–H groups in total. The largest absolute Gasteiger partial charge is 0.416 e. The van der Waals surface area contributed by atoms with Gasteiger partial charge in [-0.3, -0.25) is 4.79 Å².